The second-order valence-electron chi connectivity index (χ2n) is 13.1. The second-order valence-corrected chi connectivity index (χ2v) is 15.1. The highest BCUT2D eigenvalue weighted by Crippen LogP contribution is 2.13. The van der Waals surface area contributed by atoms with Crippen LogP contribution in [0.2, 0.25) is 0 Å². The van der Waals surface area contributed by atoms with Crippen molar-refractivity contribution in [3.63, 3.8) is 0 Å². The molecule has 0 bridgehead atoms. The van der Waals surface area contributed by atoms with Crippen LogP contribution in [0.25, 0.3) is 0 Å². The van der Waals surface area contributed by atoms with E-state index in [0.29, 0.717) is 25.8 Å². The van der Waals surface area contributed by atoms with Gasteiger partial charge in [0.15, 0.2) is 0 Å². The molecule has 0 spiro atoms. The maximum atomic E-state index is 13.9. The van der Waals surface area contributed by atoms with E-state index in [1.807, 2.05) is 74.5 Å². The van der Waals surface area contributed by atoms with Crippen LogP contribution in [-0.4, -0.2) is 104 Å². The Morgan fingerprint density at radius 1 is 0.735 bits per heavy atom. The van der Waals surface area contributed by atoms with Crippen LogP contribution in [0.4, 0.5) is 0 Å². The van der Waals surface area contributed by atoms with E-state index in [0.717, 1.165) is 17.4 Å². The normalized spacial score (nSPS) is 16.3. The van der Waals surface area contributed by atoms with Gasteiger partial charge in [-0.2, -0.15) is 4.31 Å². The smallest absolute Gasteiger partial charge is 0.245 e. The number of benzene rings is 2. The number of piperazine rings is 1. The zero-order valence-electron chi connectivity index (χ0n) is 28.8. The Bertz CT molecular complexity index is 1470. The van der Waals surface area contributed by atoms with Gasteiger partial charge in [0.2, 0.25) is 33.7 Å². The van der Waals surface area contributed by atoms with Crippen LogP contribution < -0.4 is 27.4 Å². The van der Waals surface area contributed by atoms with Crippen molar-refractivity contribution in [3.05, 3.63) is 71.8 Å². The van der Waals surface area contributed by atoms with Crippen LogP contribution in [0.5, 0.6) is 0 Å². The van der Waals surface area contributed by atoms with Crippen molar-refractivity contribution in [3.8, 4) is 0 Å². The lowest BCUT2D eigenvalue weighted by Crippen LogP contribution is -2.59. The summed E-state index contributed by atoms with van der Waals surface area (Å²) in [4.78, 5) is 56.1. The first kappa shape index (κ1) is 39.6. The van der Waals surface area contributed by atoms with E-state index in [9.17, 15) is 27.6 Å². The first-order chi connectivity index (χ1) is 23.3. The third kappa shape index (κ3) is 13.2. The summed E-state index contributed by atoms with van der Waals surface area (Å²) in [5.74, 6) is -1.87. The number of sulfonamides is 1. The van der Waals surface area contributed by atoms with Crippen molar-refractivity contribution in [1.82, 2.24) is 25.2 Å². The van der Waals surface area contributed by atoms with E-state index in [4.69, 9.17) is 11.5 Å². The van der Waals surface area contributed by atoms with Gasteiger partial charge in [0.05, 0.1) is 12.3 Å². The fraction of sp³-hybridized carbons (Fsp3) is 0.543. The van der Waals surface area contributed by atoms with Crippen LogP contribution in [0.1, 0.15) is 50.7 Å². The summed E-state index contributed by atoms with van der Waals surface area (Å²) in [7, 11) is -3.38. The number of amides is 4. The third-order valence-electron chi connectivity index (χ3n) is 8.47. The quantitative estimate of drug-likeness (QED) is 0.139. The summed E-state index contributed by atoms with van der Waals surface area (Å²) in [6, 6.07) is 14.8. The summed E-state index contributed by atoms with van der Waals surface area (Å²) in [6.07, 6.45) is 3.46. The molecule has 1 heterocycles. The molecule has 270 valence electrons. The van der Waals surface area contributed by atoms with Crippen LogP contribution in [0.15, 0.2) is 60.7 Å². The molecule has 1 saturated heterocycles. The first-order valence-electron chi connectivity index (χ1n) is 17.0. The van der Waals surface area contributed by atoms with Crippen LogP contribution in [0, 0.1) is 5.92 Å². The maximum absolute atomic E-state index is 13.9. The van der Waals surface area contributed by atoms with Gasteiger partial charge in [-0.15, -0.1) is 0 Å². The molecule has 2 aromatic rings. The maximum Gasteiger partial charge on any atom is 0.245 e. The Kier molecular flexibility index (Phi) is 15.6. The minimum absolute atomic E-state index is 0.00738. The number of carbonyl (C=O) groups excluding carboxylic acids is 4. The van der Waals surface area contributed by atoms with E-state index in [1.54, 1.807) is 4.90 Å². The van der Waals surface area contributed by atoms with Crippen molar-refractivity contribution in [2.24, 2.45) is 17.4 Å². The van der Waals surface area contributed by atoms with Gasteiger partial charge in [-0.3, -0.25) is 19.2 Å². The molecular weight excluding hydrogens is 646 g/mol. The van der Waals surface area contributed by atoms with Crippen molar-refractivity contribution in [2.75, 3.05) is 39.0 Å². The zero-order chi connectivity index (χ0) is 36.0. The Labute approximate surface area is 290 Å². The van der Waals surface area contributed by atoms with E-state index in [2.05, 4.69) is 16.0 Å². The minimum Gasteiger partial charge on any atom is -0.343 e. The molecule has 49 heavy (non-hydrogen) atoms. The van der Waals surface area contributed by atoms with Crippen molar-refractivity contribution < 1.29 is 27.6 Å². The van der Waals surface area contributed by atoms with Gasteiger partial charge in [-0.05, 0) is 55.7 Å². The van der Waals surface area contributed by atoms with Gasteiger partial charge >= 0.3 is 0 Å². The molecule has 2 aromatic carbocycles. The summed E-state index contributed by atoms with van der Waals surface area (Å²) in [5, 5.41) is 8.53. The molecule has 0 aliphatic carbocycles. The number of nitrogens with zero attached hydrogens (tertiary/aromatic N) is 2. The molecule has 1 fully saturated rings. The molecule has 0 unspecified atom stereocenters. The Morgan fingerprint density at radius 3 is 1.78 bits per heavy atom. The lowest BCUT2D eigenvalue weighted by molar-refractivity contribution is -0.139. The first-order valence-corrected chi connectivity index (χ1v) is 18.8. The summed E-state index contributed by atoms with van der Waals surface area (Å²) >= 11 is 0. The molecule has 4 amide bonds. The molecule has 0 aromatic heterocycles. The standard InChI is InChI=1S/C35H53N7O6S/c1-25(2)22-30(33(44)38-29(16-10-11-17-36)35(46)41-18-20-42(21-19-41)49(3,47)48)40-34(45)31(24-27-14-8-5-9-15-27)39-32(43)28(37)23-26-12-6-4-7-13-26/h4-9,12-15,25,28-31H,10-11,16-24,36-37H2,1-3H3,(H,38,44)(H,39,43)(H,40,45)/t28-,29-,30-,31-/m1/s1. The third-order valence-corrected chi connectivity index (χ3v) is 9.77. The molecule has 14 heteroatoms. The predicted octanol–water partition coefficient (Wildman–Crippen LogP) is 0.532. The van der Waals surface area contributed by atoms with Crippen LogP contribution in [0.3, 0.4) is 0 Å². The average Bonchev–Trinajstić information content (AvgIpc) is 3.07. The number of rotatable bonds is 18. The summed E-state index contributed by atoms with van der Waals surface area (Å²) in [5.41, 5.74) is 13.6. The summed E-state index contributed by atoms with van der Waals surface area (Å²) < 4.78 is 25.3. The SMILES string of the molecule is CC(C)C[C@@H](NC(=O)[C@@H](Cc1ccccc1)NC(=O)[C@H](N)Cc1ccccc1)C(=O)N[C@H](CCCCN)C(=O)N1CCN(S(C)(=O)=O)CC1. The zero-order valence-corrected chi connectivity index (χ0v) is 29.7. The van der Waals surface area contributed by atoms with E-state index in [1.165, 1.54) is 4.31 Å². The molecule has 1 aliphatic rings. The van der Waals surface area contributed by atoms with Gasteiger partial charge in [0.1, 0.15) is 18.1 Å². The highest BCUT2D eigenvalue weighted by atomic mass is 32.2. The van der Waals surface area contributed by atoms with Gasteiger partial charge in [-0.1, -0.05) is 74.5 Å². The van der Waals surface area contributed by atoms with Crippen molar-refractivity contribution in [2.45, 2.75) is 76.5 Å². The Balaban J connectivity index is 1.76. The molecular formula is C35H53N7O6S. The lowest BCUT2D eigenvalue weighted by atomic mass is 9.99. The van der Waals surface area contributed by atoms with E-state index >= 15 is 0 Å². The summed E-state index contributed by atoms with van der Waals surface area (Å²) in [6.45, 7) is 5.01. The number of nitrogens with two attached hydrogens (primary N) is 2. The number of nitrogens with one attached hydrogen (secondary N) is 3. The topological polar surface area (TPSA) is 197 Å². The fourth-order valence-electron chi connectivity index (χ4n) is 5.76. The van der Waals surface area contributed by atoms with Crippen molar-refractivity contribution >= 4 is 33.7 Å². The molecule has 3 rings (SSSR count). The van der Waals surface area contributed by atoms with Crippen LogP contribution in [-0.2, 0) is 42.0 Å². The molecule has 4 atom stereocenters. The average molecular weight is 700 g/mol. The van der Waals surface area contributed by atoms with Crippen LogP contribution >= 0.6 is 0 Å². The molecule has 13 nitrogen and oxygen atoms in total. The fourth-order valence-corrected chi connectivity index (χ4v) is 6.58. The predicted molar refractivity (Wildman–Crippen MR) is 189 cm³/mol. The molecule has 1 aliphatic heterocycles. The number of carbonyl (C=O) groups is 4. The number of hydrogen-bond donors (Lipinski definition) is 5. The van der Waals surface area contributed by atoms with E-state index < -0.39 is 51.9 Å². The van der Waals surface area contributed by atoms with Gasteiger partial charge in [0, 0.05) is 32.6 Å². The monoisotopic (exact) mass is 699 g/mol. The van der Waals surface area contributed by atoms with Gasteiger partial charge in [-0.25, -0.2) is 8.42 Å². The molecule has 7 N–H and O–H groups in total. The second kappa shape index (κ2) is 19.4. The molecule has 0 saturated carbocycles. The lowest BCUT2D eigenvalue weighted by Gasteiger charge is -2.35. The van der Waals surface area contributed by atoms with Gasteiger partial charge < -0.3 is 32.3 Å². The Morgan fingerprint density at radius 2 is 1.24 bits per heavy atom. The minimum atomic E-state index is -3.38. The highest BCUT2D eigenvalue weighted by Gasteiger charge is 2.34. The number of unbranched alkanes of at least 4 members (excludes halogenated alkanes) is 1. The Hall–Kier alpha value is -3.85. The van der Waals surface area contributed by atoms with Crippen molar-refractivity contribution in [1.29, 1.82) is 0 Å². The van der Waals surface area contributed by atoms with Gasteiger partial charge in [0.25, 0.3) is 0 Å². The number of hydrogen-bond acceptors (Lipinski definition) is 8. The van der Waals surface area contributed by atoms with E-state index in [-0.39, 0.29) is 57.3 Å². The molecule has 0 radical (unpaired) electrons. The largest absolute Gasteiger partial charge is 0.343 e. The highest BCUT2D eigenvalue weighted by molar-refractivity contribution is 7.88.